The molecule has 128 valence electrons. The van der Waals surface area contributed by atoms with Crippen molar-refractivity contribution in [3.8, 4) is 6.07 Å². The standard InChI is InChI=1S/C15H17N3O5S/c16-5-6-18-9-4-2-1-3-8(9)17-15(18)24-14-13(22)12(21)11(20)10(7-19)23-14/h1-4,10-14,19-22H,6-7H2. The van der Waals surface area contributed by atoms with Crippen LogP contribution in [0.2, 0.25) is 0 Å². The summed E-state index contributed by atoms with van der Waals surface area (Å²) in [6, 6.07) is 9.36. The van der Waals surface area contributed by atoms with Crippen LogP contribution in [0.3, 0.4) is 0 Å². The summed E-state index contributed by atoms with van der Waals surface area (Å²) in [6.45, 7) is -0.420. The maximum absolute atomic E-state index is 10.1. The van der Waals surface area contributed by atoms with Crippen molar-refractivity contribution in [3.63, 3.8) is 0 Å². The minimum Gasteiger partial charge on any atom is -0.394 e. The Bertz CT molecular complexity index is 759. The fourth-order valence-electron chi connectivity index (χ4n) is 2.64. The lowest BCUT2D eigenvalue weighted by Crippen LogP contribution is -2.57. The zero-order valence-corrected chi connectivity index (χ0v) is 13.4. The van der Waals surface area contributed by atoms with Crippen molar-refractivity contribution < 1.29 is 25.2 Å². The number of aliphatic hydroxyl groups is 4. The fraction of sp³-hybridized carbons (Fsp3) is 0.467. The van der Waals surface area contributed by atoms with Crippen molar-refractivity contribution in [2.45, 2.75) is 41.6 Å². The van der Waals surface area contributed by atoms with Gasteiger partial charge in [0.15, 0.2) is 5.16 Å². The highest BCUT2D eigenvalue weighted by atomic mass is 32.2. The Morgan fingerprint density at radius 3 is 2.67 bits per heavy atom. The topological polar surface area (TPSA) is 132 Å². The quantitative estimate of drug-likeness (QED) is 0.577. The van der Waals surface area contributed by atoms with E-state index in [2.05, 4.69) is 11.1 Å². The molecule has 1 aliphatic rings. The molecule has 0 bridgehead atoms. The van der Waals surface area contributed by atoms with Crippen molar-refractivity contribution in [3.05, 3.63) is 24.3 Å². The van der Waals surface area contributed by atoms with Gasteiger partial charge in [-0.25, -0.2) is 4.98 Å². The zero-order valence-electron chi connectivity index (χ0n) is 12.6. The molecule has 0 amide bonds. The molecular weight excluding hydrogens is 334 g/mol. The summed E-state index contributed by atoms with van der Waals surface area (Å²) in [5.41, 5.74) is 0.529. The van der Waals surface area contributed by atoms with E-state index in [-0.39, 0.29) is 6.54 Å². The smallest absolute Gasteiger partial charge is 0.172 e. The number of hydrogen-bond acceptors (Lipinski definition) is 8. The van der Waals surface area contributed by atoms with Crippen LogP contribution in [0.15, 0.2) is 29.4 Å². The van der Waals surface area contributed by atoms with Crippen molar-refractivity contribution in [1.29, 1.82) is 5.26 Å². The van der Waals surface area contributed by atoms with Gasteiger partial charge in [0.25, 0.3) is 0 Å². The van der Waals surface area contributed by atoms with Crippen LogP contribution in [0.5, 0.6) is 0 Å². The van der Waals surface area contributed by atoms with Crippen molar-refractivity contribution in [2.75, 3.05) is 6.61 Å². The normalized spacial score (nSPS) is 30.4. The van der Waals surface area contributed by atoms with Crippen LogP contribution in [0, 0.1) is 11.3 Å². The minimum atomic E-state index is -1.44. The molecular formula is C15H17N3O5S. The Kier molecular flexibility index (Phi) is 5.05. The maximum atomic E-state index is 10.1. The molecule has 24 heavy (non-hydrogen) atoms. The number of aromatic nitrogens is 2. The second kappa shape index (κ2) is 7.06. The van der Waals surface area contributed by atoms with Gasteiger partial charge in [-0.05, 0) is 12.1 Å². The van der Waals surface area contributed by atoms with Crippen LogP contribution >= 0.6 is 11.8 Å². The van der Waals surface area contributed by atoms with E-state index in [1.165, 1.54) is 0 Å². The Labute approximate surface area is 141 Å². The van der Waals surface area contributed by atoms with E-state index in [9.17, 15) is 20.4 Å². The monoisotopic (exact) mass is 351 g/mol. The number of fused-ring (bicyclic) bond motifs is 1. The Morgan fingerprint density at radius 1 is 1.21 bits per heavy atom. The number of thioether (sulfide) groups is 1. The summed E-state index contributed by atoms with van der Waals surface area (Å²) in [5.74, 6) is 0. The molecule has 2 heterocycles. The van der Waals surface area contributed by atoms with E-state index >= 15 is 0 Å². The van der Waals surface area contributed by atoms with Gasteiger partial charge in [-0.1, -0.05) is 23.9 Å². The van der Waals surface area contributed by atoms with Gasteiger partial charge in [0.2, 0.25) is 0 Å². The van der Waals surface area contributed by atoms with Crippen LogP contribution < -0.4 is 0 Å². The molecule has 0 spiro atoms. The molecule has 1 fully saturated rings. The van der Waals surface area contributed by atoms with E-state index in [1.807, 2.05) is 18.2 Å². The van der Waals surface area contributed by atoms with E-state index in [0.717, 1.165) is 17.3 Å². The second-order valence-electron chi connectivity index (χ2n) is 5.44. The zero-order chi connectivity index (χ0) is 17.3. The van der Waals surface area contributed by atoms with Crippen LogP contribution in [0.1, 0.15) is 0 Å². The lowest BCUT2D eigenvalue weighted by molar-refractivity contribution is -0.205. The third-order valence-corrected chi connectivity index (χ3v) is 5.06. The molecule has 3 rings (SSSR count). The maximum Gasteiger partial charge on any atom is 0.172 e. The van der Waals surface area contributed by atoms with Gasteiger partial charge < -0.3 is 29.7 Å². The number of rotatable bonds is 4. The molecule has 1 saturated heterocycles. The van der Waals surface area contributed by atoms with Gasteiger partial charge in [0.1, 0.15) is 36.4 Å². The molecule has 1 aromatic heterocycles. The molecule has 2 aromatic rings. The summed E-state index contributed by atoms with van der Waals surface area (Å²) < 4.78 is 7.16. The van der Waals surface area contributed by atoms with Gasteiger partial charge >= 0.3 is 0 Å². The number of hydrogen-bond donors (Lipinski definition) is 4. The molecule has 9 heteroatoms. The second-order valence-corrected chi connectivity index (χ2v) is 6.51. The molecule has 5 unspecified atom stereocenters. The van der Waals surface area contributed by atoms with Gasteiger partial charge in [-0.2, -0.15) is 5.26 Å². The number of ether oxygens (including phenoxy) is 1. The van der Waals surface area contributed by atoms with Crippen molar-refractivity contribution in [1.82, 2.24) is 9.55 Å². The Balaban J connectivity index is 1.91. The highest BCUT2D eigenvalue weighted by molar-refractivity contribution is 7.99. The van der Waals surface area contributed by atoms with Crippen LogP contribution in [-0.4, -0.2) is 66.4 Å². The van der Waals surface area contributed by atoms with Crippen molar-refractivity contribution in [2.24, 2.45) is 0 Å². The van der Waals surface area contributed by atoms with Crippen molar-refractivity contribution >= 4 is 22.8 Å². The third-order valence-electron chi connectivity index (χ3n) is 3.92. The molecule has 0 aliphatic carbocycles. The summed E-state index contributed by atoms with van der Waals surface area (Å²) in [7, 11) is 0. The van der Waals surface area contributed by atoms with Gasteiger partial charge in [-0.15, -0.1) is 0 Å². The lowest BCUT2D eigenvalue weighted by Gasteiger charge is -2.39. The van der Waals surface area contributed by atoms with Gasteiger partial charge in [0, 0.05) is 0 Å². The van der Waals surface area contributed by atoms with E-state index in [4.69, 9.17) is 10.00 Å². The van der Waals surface area contributed by atoms with E-state index in [1.54, 1.807) is 10.6 Å². The average molecular weight is 351 g/mol. The molecule has 0 radical (unpaired) electrons. The molecule has 1 aliphatic heterocycles. The average Bonchev–Trinajstić information content (AvgIpc) is 2.93. The highest BCUT2D eigenvalue weighted by Gasteiger charge is 2.44. The van der Waals surface area contributed by atoms with Gasteiger partial charge in [-0.3, -0.25) is 0 Å². The lowest BCUT2D eigenvalue weighted by atomic mass is 10.0. The molecule has 8 nitrogen and oxygen atoms in total. The summed E-state index contributed by atoms with van der Waals surface area (Å²) in [5, 5.41) is 48.6. The highest BCUT2D eigenvalue weighted by Crippen LogP contribution is 2.34. The summed E-state index contributed by atoms with van der Waals surface area (Å²) in [4.78, 5) is 4.43. The van der Waals surface area contributed by atoms with Gasteiger partial charge in [0.05, 0.1) is 23.7 Å². The summed E-state index contributed by atoms with van der Waals surface area (Å²) in [6.07, 6.45) is -5.18. The predicted molar refractivity (Wildman–Crippen MR) is 85.0 cm³/mol. The first-order chi connectivity index (χ1) is 11.6. The number of nitrogens with zero attached hydrogens (tertiary/aromatic N) is 3. The number of aliphatic hydroxyl groups excluding tert-OH is 4. The predicted octanol–water partition coefficient (Wildman–Crippen LogP) is -0.548. The minimum absolute atomic E-state index is 0.0697. The van der Waals surface area contributed by atoms with E-state index < -0.39 is 36.5 Å². The SMILES string of the molecule is N#CCn1c(SC2OC(CO)C(O)C(O)C2O)nc2ccccc21. The fourth-order valence-corrected chi connectivity index (χ4v) is 3.78. The molecule has 0 saturated carbocycles. The summed E-state index contributed by atoms with van der Waals surface area (Å²) >= 11 is 1.04. The number of nitriles is 1. The largest absolute Gasteiger partial charge is 0.394 e. The van der Waals surface area contributed by atoms with E-state index in [0.29, 0.717) is 10.7 Å². The number of imidazole rings is 1. The van der Waals surface area contributed by atoms with Crippen LogP contribution in [-0.2, 0) is 11.3 Å². The Morgan fingerprint density at radius 2 is 1.96 bits per heavy atom. The third kappa shape index (κ3) is 3.00. The first kappa shape index (κ1) is 17.2. The Hall–Kier alpha value is -1.67. The van der Waals surface area contributed by atoms with Crippen LogP contribution in [0.25, 0.3) is 11.0 Å². The number of benzene rings is 1. The molecule has 4 N–H and O–H groups in total. The molecule has 1 aromatic carbocycles. The first-order valence-corrected chi connectivity index (χ1v) is 8.24. The molecule has 5 atom stereocenters. The first-order valence-electron chi connectivity index (χ1n) is 7.36. The van der Waals surface area contributed by atoms with Crippen LogP contribution in [0.4, 0.5) is 0 Å². The number of para-hydroxylation sites is 2.